The van der Waals surface area contributed by atoms with Gasteiger partial charge in [0.15, 0.2) is 0 Å². The fourth-order valence-corrected chi connectivity index (χ4v) is 0.788. The minimum Gasteiger partial charge on any atom is -0.393 e. The Morgan fingerprint density at radius 1 is 1.54 bits per heavy atom. The van der Waals surface area contributed by atoms with Gasteiger partial charge in [0.2, 0.25) is 0 Å². The lowest BCUT2D eigenvalue weighted by Crippen LogP contribution is -2.45. The first-order chi connectivity index (χ1) is 5.69. The molecule has 0 aromatic carbocycles. The first-order valence-electron chi connectivity index (χ1n) is 3.40. The van der Waals surface area contributed by atoms with Crippen LogP contribution in [0.1, 0.15) is 6.92 Å². The van der Waals surface area contributed by atoms with Crippen molar-refractivity contribution in [3.05, 3.63) is 0 Å². The molecule has 0 spiro atoms. The van der Waals surface area contributed by atoms with Gasteiger partial charge in [-0.1, -0.05) is 0 Å². The Balaban J connectivity index is 4.02. The third kappa shape index (κ3) is 5.33. The quantitative estimate of drug-likeness (QED) is 0.271. The highest BCUT2D eigenvalue weighted by Gasteiger charge is 2.31. The topological polar surface area (TPSA) is 127 Å². The van der Waals surface area contributed by atoms with Gasteiger partial charge in [-0.25, -0.2) is 4.57 Å². The van der Waals surface area contributed by atoms with Crippen molar-refractivity contribution >= 4 is 7.82 Å². The highest BCUT2D eigenvalue weighted by molar-refractivity contribution is 7.46. The van der Waals surface area contributed by atoms with Gasteiger partial charge in [0.05, 0.1) is 13.2 Å². The number of rotatable bonds is 5. The van der Waals surface area contributed by atoms with Crippen molar-refractivity contribution in [2.75, 3.05) is 13.2 Å². The van der Waals surface area contributed by atoms with Crippen LogP contribution in [-0.2, 0) is 9.09 Å². The summed E-state index contributed by atoms with van der Waals surface area (Å²) in [6.45, 7) is -0.378. The number of phosphoric acid groups is 1. The fraction of sp³-hybridized carbons (Fsp3) is 1.00. The largest absolute Gasteiger partial charge is 0.469 e. The molecule has 8 heteroatoms. The van der Waals surface area contributed by atoms with E-state index >= 15 is 0 Å². The van der Waals surface area contributed by atoms with E-state index in [1.54, 1.807) is 0 Å². The molecule has 13 heavy (non-hydrogen) atoms. The maximum atomic E-state index is 10.2. The molecule has 5 N–H and O–H groups in total. The summed E-state index contributed by atoms with van der Waals surface area (Å²) in [5.74, 6) is 0. The van der Waals surface area contributed by atoms with E-state index in [4.69, 9.17) is 25.1 Å². The molecule has 80 valence electrons. The van der Waals surface area contributed by atoms with Crippen molar-refractivity contribution in [2.45, 2.75) is 18.6 Å². The van der Waals surface area contributed by atoms with Gasteiger partial charge in [0.25, 0.3) is 0 Å². The van der Waals surface area contributed by atoms with E-state index in [-0.39, 0.29) is 0 Å². The van der Waals surface area contributed by atoms with Crippen LogP contribution in [0.15, 0.2) is 0 Å². The Morgan fingerprint density at radius 3 is 2.31 bits per heavy atom. The average Bonchev–Trinajstić information content (AvgIpc) is 1.98. The maximum Gasteiger partial charge on any atom is 0.469 e. The predicted octanol–water partition coefficient (Wildman–Crippen LogP) is -1.80. The molecule has 0 fully saturated rings. The van der Waals surface area contributed by atoms with Crippen molar-refractivity contribution < 1.29 is 34.2 Å². The number of phosphoric ester groups is 1. The highest BCUT2D eigenvalue weighted by Crippen LogP contribution is 2.36. The van der Waals surface area contributed by atoms with Gasteiger partial charge in [0.1, 0.15) is 11.7 Å². The molecule has 0 aromatic heterocycles. The summed E-state index contributed by atoms with van der Waals surface area (Å²) in [4.78, 5) is 16.5. The lowest BCUT2D eigenvalue weighted by Gasteiger charge is -2.26. The van der Waals surface area contributed by atoms with Gasteiger partial charge in [-0.2, -0.15) is 0 Å². The normalized spacial score (nSPS) is 19.5. The summed E-state index contributed by atoms with van der Waals surface area (Å²) >= 11 is 0. The molecule has 0 rings (SSSR count). The average molecular weight is 217 g/mol. The van der Waals surface area contributed by atoms with Crippen LogP contribution >= 0.6 is 7.82 Å². The zero-order valence-corrected chi connectivity index (χ0v) is 7.89. The first-order valence-corrected chi connectivity index (χ1v) is 4.93. The molecule has 0 bridgehead atoms. The summed E-state index contributed by atoms with van der Waals surface area (Å²) in [5.41, 5.74) is -1.84. The molecule has 0 radical (unpaired) electrons. The van der Waals surface area contributed by atoms with Gasteiger partial charge in [0, 0.05) is 0 Å². The maximum absolute atomic E-state index is 10.2. The minimum atomic E-state index is -4.65. The van der Waals surface area contributed by atoms with Crippen molar-refractivity contribution in [3.63, 3.8) is 0 Å². The van der Waals surface area contributed by atoms with Gasteiger partial charge < -0.3 is 25.1 Å². The van der Waals surface area contributed by atoms with Crippen LogP contribution in [0, 0.1) is 0 Å². The van der Waals surface area contributed by atoms with E-state index in [1.807, 2.05) is 0 Å². The lowest BCUT2D eigenvalue weighted by atomic mass is 10.1. The second-order valence-corrected chi connectivity index (χ2v) is 4.06. The first kappa shape index (κ1) is 13.0. The summed E-state index contributed by atoms with van der Waals surface area (Å²) in [7, 11) is -4.65. The van der Waals surface area contributed by atoms with Gasteiger partial charge in [-0.15, -0.1) is 0 Å². The molecule has 0 saturated carbocycles. The van der Waals surface area contributed by atoms with Crippen molar-refractivity contribution in [2.24, 2.45) is 0 Å². The summed E-state index contributed by atoms with van der Waals surface area (Å²) in [5, 5.41) is 26.8. The third-order valence-electron chi connectivity index (χ3n) is 1.44. The number of aliphatic hydroxyl groups excluding tert-OH is 2. The predicted molar refractivity (Wildman–Crippen MR) is 41.7 cm³/mol. The molecular weight excluding hydrogens is 204 g/mol. The Hall–Kier alpha value is -0.0100. The van der Waals surface area contributed by atoms with Crippen molar-refractivity contribution in [1.29, 1.82) is 0 Å². The summed E-state index contributed by atoms with van der Waals surface area (Å²) in [6.07, 6.45) is -1.56. The van der Waals surface area contributed by atoms with Crippen LogP contribution in [-0.4, -0.2) is 50.0 Å². The van der Waals surface area contributed by atoms with Crippen LogP contribution in [0.25, 0.3) is 0 Å². The molecule has 0 unspecified atom stereocenters. The zero-order chi connectivity index (χ0) is 10.7. The van der Waals surface area contributed by atoms with Gasteiger partial charge in [-0.05, 0) is 6.92 Å². The minimum absolute atomic E-state index is 0.737. The van der Waals surface area contributed by atoms with Crippen LogP contribution in [0.4, 0.5) is 0 Å². The van der Waals surface area contributed by atoms with Crippen molar-refractivity contribution in [3.8, 4) is 0 Å². The van der Waals surface area contributed by atoms with Crippen molar-refractivity contribution in [1.82, 2.24) is 0 Å². The Bertz CT molecular complexity index is 197. The fourth-order valence-electron chi connectivity index (χ4n) is 0.453. The Morgan fingerprint density at radius 2 is 2.00 bits per heavy atom. The molecule has 0 aliphatic rings. The molecule has 2 atom stereocenters. The molecular formula is C5H13O7P. The number of hydrogen-bond acceptors (Lipinski definition) is 5. The molecule has 0 amide bonds. The van der Waals surface area contributed by atoms with Crippen LogP contribution in [0.2, 0.25) is 0 Å². The highest BCUT2D eigenvalue weighted by atomic mass is 31.2. The molecule has 7 nitrogen and oxygen atoms in total. The smallest absolute Gasteiger partial charge is 0.393 e. The summed E-state index contributed by atoms with van der Waals surface area (Å²) in [6, 6.07) is 0. The lowest BCUT2D eigenvalue weighted by molar-refractivity contribution is -0.107. The second kappa shape index (κ2) is 4.47. The van der Waals surface area contributed by atoms with E-state index < -0.39 is 32.7 Å². The molecule has 0 aliphatic heterocycles. The number of aliphatic hydroxyl groups is 3. The molecule has 0 saturated heterocycles. The second-order valence-electron chi connectivity index (χ2n) is 2.82. The van der Waals surface area contributed by atoms with Crippen LogP contribution in [0.3, 0.4) is 0 Å². The van der Waals surface area contributed by atoms with Gasteiger partial charge >= 0.3 is 7.82 Å². The zero-order valence-electron chi connectivity index (χ0n) is 6.99. The van der Waals surface area contributed by atoms with Gasteiger partial charge in [-0.3, -0.25) is 4.52 Å². The van der Waals surface area contributed by atoms with Crippen LogP contribution in [0.5, 0.6) is 0 Å². The Labute approximate surface area is 74.8 Å². The third-order valence-corrected chi connectivity index (χ3v) is 1.92. The standard InChI is InChI=1S/C5H13O7P/c1-5(8,3-6)4(7)2-12-13(9,10)11/h4,6-8H,2-3H2,1H3,(H2,9,10,11)/t4-,5+/m1/s1/i1+1. The van der Waals surface area contributed by atoms with E-state index in [9.17, 15) is 4.57 Å². The SMILES string of the molecule is [13CH3][C@](O)(CO)[C@H](O)COP(=O)(O)O. The Kier molecular flexibility index (Phi) is 4.47. The molecule has 0 aliphatic carbocycles. The monoisotopic (exact) mass is 217 g/mol. The summed E-state index contributed by atoms with van der Waals surface area (Å²) < 4.78 is 14.1. The van der Waals surface area contributed by atoms with E-state index in [0.29, 0.717) is 0 Å². The molecule has 0 aromatic rings. The number of hydrogen-bond donors (Lipinski definition) is 5. The van der Waals surface area contributed by atoms with Crippen LogP contribution < -0.4 is 0 Å². The van der Waals surface area contributed by atoms with E-state index in [1.165, 1.54) is 0 Å². The van der Waals surface area contributed by atoms with E-state index in [0.717, 1.165) is 6.92 Å². The molecule has 0 heterocycles. The van der Waals surface area contributed by atoms with E-state index in [2.05, 4.69) is 4.52 Å².